The predicted molar refractivity (Wildman–Crippen MR) is 85.9 cm³/mol. The summed E-state index contributed by atoms with van der Waals surface area (Å²) in [7, 11) is 0. The fraction of sp³-hybridized carbons (Fsp3) is 0.750. The number of rotatable bonds is 3. The van der Waals surface area contributed by atoms with Gasteiger partial charge in [0.05, 0.1) is 24.5 Å². The molecule has 7 nitrogen and oxygen atoms in total. The quantitative estimate of drug-likeness (QED) is 0.819. The lowest BCUT2D eigenvalue weighted by atomic mass is 10.0. The Labute approximate surface area is 135 Å². The van der Waals surface area contributed by atoms with Gasteiger partial charge in [-0.05, 0) is 19.3 Å². The number of β-amino-alcohol motifs (C(OH)–C–C–N with tert-alkyl or cyclic N) is 1. The first-order chi connectivity index (χ1) is 11.2. The van der Waals surface area contributed by atoms with Crippen LogP contribution in [0.3, 0.4) is 0 Å². The molecule has 0 saturated carbocycles. The van der Waals surface area contributed by atoms with Crippen LogP contribution in [0.15, 0.2) is 6.07 Å². The highest BCUT2D eigenvalue weighted by Crippen LogP contribution is 2.30. The van der Waals surface area contributed by atoms with Crippen molar-refractivity contribution >= 4 is 11.8 Å². The Kier molecular flexibility index (Phi) is 4.09. The number of aliphatic hydroxyl groups is 2. The van der Waals surface area contributed by atoms with Gasteiger partial charge in [-0.3, -0.25) is 0 Å². The average molecular weight is 320 g/mol. The highest BCUT2D eigenvalue weighted by atomic mass is 16.5. The Bertz CT molecular complexity index is 550. The molecule has 0 aliphatic carbocycles. The van der Waals surface area contributed by atoms with Crippen molar-refractivity contribution in [3.8, 4) is 0 Å². The van der Waals surface area contributed by atoms with Crippen LogP contribution >= 0.6 is 0 Å². The highest BCUT2D eigenvalue weighted by Gasteiger charge is 2.30. The summed E-state index contributed by atoms with van der Waals surface area (Å²) in [5, 5.41) is 19.3. The third-order valence-corrected chi connectivity index (χ3v) is 5.00. The monoisotopic (exact) mass is 320 g/mol. The van der Waals surface area contributed by atoms with E-state index in [4.69, 9.17) is 14.7 Å². The van der Waals surface area contributed by atoms with E-state index in [1.165, 1.54) is 0 Å². The van der Waals surface area contributed by atoms with Gasteiger partial charge >= 0.3 is 0 Å². The lowest BCUT2D eigenvalue weighted by Crippen LogP contribution is -2.51. The van der Waals surface area contributed by atoms with Gasteiger partial charge in [-0.2, -0.15) is 4.98 Å². The molecule has 1 atom stereocenters. The van der Waals surface area contributed by atoms with Gasteiger partial charge in [0.2, 0.25) is 5.95 Å². The molecule has 0 amide bonds. The number of hydrogen-bond acceptors (Lipinski definition) is 7. The van der Waals surface area contributed by atoms with Gasteiger partial charge in [0, 0.05) is 44.8 Å². The van der Waals surface area contributed by atoms with Gasteiger partial charge in [0.15, 0.2) is 0 Å². The fourth-order valence-electron chi connectivity index (χ4n) is 3.43. The van der Waals surface area contributed by atoms with Crippen molar-refractivity contribution in [3.63, 3.8) is 0 Å². The normalized spacial score (nSPS) is 26.6. The smallest absolute Gasteiger partial charge is 0.227 e. The summed E-state index contributed by atoms with van der Waals surface area (Å²) in [6.07, 6.45) is 2.09. The zero-order chi connectivity index (χ0) is 15.8. The molecule has 126 valence electrons. The Morgan fingerprint density at radius 3 is 2.43 bits per heavy atom. The van der Waals surface area contributed by atoms with Crippen molar-refractivity contribution < 1.29 is 14.9 Å². The fourth-order valence-corrected chi connectivity index (χ4v) is 3.43. The van der Waals surface area contributed by atoms with E-state index in [1.54, 1.807) is 0 Å². The molecule has 3 fully saturated rings. The summed E-state index contributed by atoms with van der Waals surface area (Å²) < 4.78 is 5.51. The van der Waals surface area contributed by atoms with E-state index >= 15 is 0 Å². The zero-order valence-corrected chi connectivity index (χ0v) is 13.3. The number of anilines is 2. The Hall–Kier alpha value is -1.44. The molecule has 0 bridgehead atoms. The summed E-state index contributed by atoms with van der Waals surface area (Å²) in [6.45, 7) is 4.35. The number of aliphatic hydroxyl groups excluding tert-OH is 2. The molecular formula is C16H24N4O3. The third kappa shape index (κ3) is 3.13. The van der Waals surface area contributed by atoms with Crippen LogP contribution in [0.1, 0.15) is 30.9 Å². The zero-order valence-electron chi connectivity index (χ0n) is 13.3. The maximum absolute atomic E-state index is 9.71. The number of ether oxygens (including phenoxy) is 1. The van der Waals surface area contributed by atoms with Crippen LogP contribution in [0.2, 0.25) is 0 Å². The second-order valence-electron chi connectivity index (χ2n) is 6.79. The number of piperidine rings is 1. The summed E-state index contributed by atoms with van der Waals surface area (Å²) >= 11 is 0. The number of hydrogen-bond donors (Lipinski definition) is 2. The maximum Gasteiger partial charge on any atom is 0.227 e. The second-order valence-corrected chi connectivity index (χ2v) is 6.79. The molecule has 0 spiro atoms. The first-order valence-electron chi connectivity index (χ1n) is 8.52. The van der Waals surface area contributed by atoms with Crippen molar-refractivity contribution in [2.75, 3.05) is 49.2 Å². The maximum atomic E-state index is 9.71. The van der Waals surface area contributed by atoms with Crippen LogP contribution in [0.25, 0.3) is 0 Å². The largest absolute Gasteiger partial charge is 0.393 e. The van der Waals surface area contributed by atoms with E-state index in [-0.39, 0.29) is 12.2 Å². The molecule has 0 radical (unpaired) electrons. The summed E-state index contributed by atoms with van der Waals surface area (Å²) in [6, 6.07) is 2.08. The molecule has 0 unspecified atom stereocenters. The van der Waals surface area contributed by atoms with Crippen molar-refractivity contribution in [3.05, 3.63) is 11.8 Å². The highest BCUT2D eigenvalue weighted by molar-refractivity contribution is 5.48. The lowest BCUT2D eigenvalue weighted by Gasteiger charge is -2.37. The van der Waals surface area contributed by atoms with Crippen LogP contribution in [0.5, 0.6) is 0 Å². The average Bonchev–Trinajstić information content (AvgIpc) is 3.06. The molecule has 3 aliphatic rings. The molecule has 23 heavy (non-hydrogen) atoms. The van der Waals surface area contributed by atoms with Gasteiger partial charge < -0.3 is 24.7 Å². The van der Waals surface area contributed by atoms with Gasteiger partial charge in [-0.15, -0.1) is 0 Å². The minimum Gasteiger partial charge on any atom is -0.393 e. The number of nitrogens with zero attached hydrogens (tertiary/aromatic N) is 4. The molecule has 0 aromatic carbocycles. The van der Waals surface area contributed by atoms with Crippen LogP contribution in [-0.2, 0) is 4.74 Å². The van der Waals surface area contributed by atoms with Gasteiger partial charge in [0.25, 0.3) is 0 Å². The predicted octanol–water partition coefficient (Wildman–Crippen LogP) is 0.123. The van der Waals surface area contributed by atoms with Crippen molar-refractivity contribution in [2.45, 2.75) is 37.4 Å². The Morgan fingerprint density at radius 1 is 1.00 bits per heavy atom. The van der Waals surface area contributed by atoms with Crippen LogP contribution in [0, 0.1) is 0 Å². The van der Waals surface area contributed by atoms with Crippen LogP contribution < -0.4 is 9.80 Å². The third-order valence-electron chi connectivity index (χ3n) is 5.00. The van der Waals surface area contributed by atoms with Gasteiger partial charge in [0.1, 0.15) is 5.82 Å². The van der Waals surface area contributed by atoms with Gasteiger partial charge in [-0.25, -0.2) is 4.98 Å². The molecule has 7 heteroatoms. The van der Waals surface area contributed by atoms with E-state index in [2.05, 4.69) is 11.0 Å². The molecule has 4 heterocycles. The molecular weight excluding hydrogens is 296 g/mol. The van der Waals surface area contributed by atoms with Crippen molar-refractivity contribution in [1.29, 1.82) is 0 Å². The minimum atomic E-state index is -0.273. The summed E-state index contributed by atoms with van der Waals surface area (Å²) in [4.78, 5) is 13.7. The molecule has 1 aromatic rings. The molecule has 3 aliphatic heterocycles. The standard InChI is InChI=1S/C16H24N4O3/c21-12-1-4-19(5-2-12)15-7-14(11-3-6-23-10-11)17-16(18-15)20-8-13(22)9-20/h7,11-13,21-22H,1-6,8-10H2/t11-/m1/s1. The Morgan fingerprint density at radius 2 is 1.78 bits per heavy atom. The first-order valence-corrected chi connectivity index (χ1v) is 8.52. The summed E-state index contributed by atoms with van der Waals surface area (Å²) in [5.41, 5.74) is 1.04. The molecule has 4 rings (SSSR count). The first kappa shape index (κ1) is 15.1. The van der Waals surface area contributed by atoms with E-state index in [9.17, 15) is 10.2 Å². The molecule has 1 aromatic heterocycles. The van der Waals surface area contributed by atoms with E-state index in [0.717, 1.165) is 57.1 Å². The summed E-state index contributed by atoms with van der Waals surface area (Å²) in [5.74, 6) is 1.98. The van der Waals surface area contributed by atoms with E-state index in [0.29, 0.717) is 25.0 Å². The molecule has 2 N–H and O–H groups in total. The second kappa shape index (κ2) is 6.22. The number of aromatic nitrogens is 2. The minimum absolute atomic E-state index is 0.194. The van der Waals surface area contributed by atoms with E-state index < -0.39 is 0 Å². The topological polar surface area (TPSA) is 82.0 Å². The van der Waals surface area contributed by atoms with Crippen LogP contribution in [-0.4, -0.2) is 71.8 Å². The van der Waals surface area contributed by atoms with E-state index in [1.807, 2.05) is 4.90 Å². The SMILES string of the molecule is OC1CCN(c2cc([C@@H]3CCOC3)nc(N3CC(O)C3)n2)CC1. The Balaban J connectivity index is 1.61. The van der Waals surface area contributed by atoms with Crippen LogP contribution in [0.4, 0.5) is 11.8 Å². The van der Waals surface area contributed by atoms with Crippen molar-refractivity contribution in [1.82, 2.24) is 9.97 Å². The van der Waals surface area contributed by atoms with Crippen molar-refractivity contribution in [2.24, 2.45) is 0 Å². The lowest BCUT2D eigenvalue weighted by molar-refractivity contribution is 0.140. The van der Waals surface area contributed by atoms with Gasteiger partial charge in [-0.1, -0.05) is 0 Å². The molecule has 3 saturated heterocycles.